The van der Waals surface area contributed by atoms with Crippen LogP contribution in [-0.4, -0.2) is 28.5 Å². The Balaban J connectivity index is 1.62. The van der Waals surface area contributed by atoms with Crippen LogP contribution in [0.2, 0.25) is 0 Å². The SMILES string of the molecule is CC(C)N1C2C3CCC(C)(C2O[P+]1([O-])[C@H](C#N)C/C=C/c1ccccc1)C3(C)C. The third-order valence-corrected chi connectivity index (χ3v) is 11.2. The second kappa shape index (κ2) is 7.17. The molecular weight excluding hydrogens is 379 g/mol. The minimum absolute atomic E-state index is 0.0154. The summed E-state index contributed by atoms with van der Waals surface area (Å²) in [5, 5.41) is 9.96. The molecule has 1 saturated heterocycles. The molecule has 0 aromatic heterocycles. The van der Waals surface area contributed by atoms with Gasteiger partial charge < -0.3 is 4.89 Å². The van der Waals surface area contributed by atoms with E-state index in [1.165, 1.54) is 0 Å². The Bertz CT molecular complexity index is 833. The van der Waals surface area contributed by atoms with Crippen molar-refractivity contribution < 1.29 is 9.42 Å². The maximum Gasteiger partial charge on any atom is 0.196 e. The molecule has 3 aliphatic rings. The molecule has 5 unspecified atom stereocenters. The summed E-state index contributed by atoms with van der Waals surface area (Å²) in [5.41, 5.74) is 0.624. The van der Waals surface area contributed by atoms with Crippen molar-refractivity contribution in [2.75, 3.05) is 0 Å². The van der Waals surface area contributed by atoms with Crippen LogP contribution in [0.25, 0.3) is 6.08 Å². The average Bonchev–Trinajstić information content (AvgIpc) is 3.17. The lowest BCUT2D eigenvalue weighted by Gasteiger charge is -2.42. The van der Waals surface area contributed by atoms with Crippen LogP contribution >= 0.6 is 7.87 Å². The van der Waals surface area contributed by atoms with Gasteiger partial charge in [-0.2, -0.15) is 5.26 Å². The molecule has 5 heteroatoms. The van der Waals surface area contributed by atoms with Gasteiger partial charge in [0.05, 0.1) is 6.04 Å². The molecule has 2 aliphatic carbocycles. The van der Waals surface area contributed by atoms with E-state index < -0.39 is 13.5 Å². The van der Waals surface area contributed by atoms with E-state index >= 15 is 0 Å². The van der Waals surface area contributed by atoms with Gasteiger partial charge in [0.15, 0.2) is 13.5 Å². The summed E-state index contributed by atoms with van der Waals surface area (Å²) in [7, 11) is -3.26. The molecular formula is C24H33N2O2P. The van der Waals surface area contributed by atoms with Gasteiger partial charge in [0.2, 0.25) is 0 Å². The number of rotatable bonds is 5. The molecule has 3 fully saturated rings. The maximum atomic E-state index is 14.3. The van der Waals surface area contributed by atoms with E-state index in [9.17, 15) is 10.2 Å². The normalized spacial score (nSPS) is 39.2. The highest BCUT2D eigenvalue weighted by Gasteiger charge is 2.76. The van der Waals surface area contributed by atoms with Crippen molar-refractivity contribution in [3.63, 3.8) is 0 Å². The van der Waals surface area contributed by atoms with Crippen LogP contribution in [0.3, 0.4) is 0 Å². The van der Waals surface area contributed by atoms with Crippen LogP contribution in [0.1, 0.15) is 59.4 Å². The first-order chi connectivity index (χ1) is 13.7. The lowest BCUT2D eigenvalue weighted by atomic mass is 9.70. The van der Waals surface area contributed by atoms with Gasteiger partial charge in [0.25, 0.3) is 0 Å². The first-order valence-electron chi connectivity index (χ1n) is 10.8. The molecule has 2 bridgehead atoms. The van der Waals surface area contributed by atoms with Gasteiger partial charge in [-0.05, 0) is 43.6 Å². The number of allylic oxidation sites excluding steroid dienone is 1. The van der Waals surface area contributed by atoms with Crippen molar-refractivity contribution in [2.24, 2.45) is 16.7 Å². The fourth-order valence-corrected chi connectivity index (χ4v) is 9.31. The van der Waals surface area contributed by atoms with Gasteiger partial charge in [-0.15, -0.1) is 4.67 Å². The van der Waals surface area contributed by atoms with E-state index in [4.69, 9.17) is 4.52 Å². The largest absolute Gasteiger partial charge is 0.640 e. The van der Waals surface area contributed by atoms with Gasteiger partial charge in [-0.25, -0.2) is 4.52 Å². The van der Waals surface area contributed by atoms with Gasteiger partial charge >= 0.3 is 0 Å². The van der Waals surface area contributed by atoms with Crippen molar-refractivity contribution in [1.82, 2.24) is 4.67 Å². The molecule has 2 saturated carbocycles. The van der Waals surface area contributed by atoms with Gasteiger partial charge in [0.1, 0.15) is 12.2 Å². The van der Waals surface area contributed by atoms with Crippen molar-refractivity contribution in [3.05, 3.63) is 42.0 Å². The Labute approximate surface area is 176 Å². The third-order valence-electron chi connectivity index (χ3n) is 8.16. The average molecular weight is 413 g/mol. The molecule has 0 N–H and O–H groups in total. The van der Waals surface area contributed by atoms with Crippen molar-refractivity contribution in [2.45, 2.75) is 77.7 Å². The smallest absolute Gasteiger partial charge is 0.196 e. The highest BCUT2D eigenvalue weighted by molar-refractivity contribution is 7.63. The lowest BCUT2D eigenvalue weighted by molar-refractivity contribution is -0.207. The first kappa shape index (κ1) is 21.0. The predicted molar refractivity (Wildman–Crippen MR) is 117 cm³/mol. The summed E-state index contributed by atoms with van der Waals surface area (Å²) < 4.78 is 8.62. The maximum absolute atomic E-state index is 14.3. The number of hydrogen-bond donors (Lipinski definition) is 0. The zero-order valence-corrected chi connectivity index (χ0v) is 19.1. The van der Waals surface area contributed by atoms with Crippen LogP contribution in [0.15, 0.2) is 36.4 Å². The molecule has 1 aromatic carbocycles. The van der Waals surface area contributed by atoms with Crippen LogP contribution in [0.5, 0.6) is 0 Å². The Hall–Kier alpha value is -1.24. The highest BCUT2D eigenvalue weighted by atomic mass is 31.2. The summed E-state index contributed by atoms with van der Waals surface area (Å²) in [6.07, 6.45) is 6.64. The zero-order chi connectivity index (χ0) is 21.0. The second-order valence-electron chi connectivity index (χ2n) is 10.0. The molecule has 4 nitrogen and oxygen atoms in total. The minimum Gasteiger partial charge on any atom is -0.640 e. The minimum atomic E-state index is -3.26. The van der Waals surface area contributed by atoms with E-state index in [2.05, 4.69) is 45.4 Å². The highest BCUT2D eigenvalue weighted by Crippen LogP contribution is 2.79. The Morgan fingerprint density at radius 2 is 2.00 bits per heavy atom. The fourth-order valence-electron chi connectivity index (χ4n) is 6.22. The van der Waals surface area contributed by atoms with E-state index in [1.54, 1.807) is 0 Å². The Morgan fingerprint density at radius 1 is 1.31 bits per heavy atom. The van der Waals surface area contributed by atoms with Crippen LogP contribution in [-0.2, 0) is 4.52 Å². The molecule has 29 heavy (non-hydrogen) atoms. The van der Waals surface area contributed by atoms with E-state index in [0.29, 0.717) is 12.3 Å². The van der Waals surface area contributed by atoms with Crippen molar-refractivity contribution in [3.8, 4) is 6.07 Å². The molecule has 0 amide bonds. The van der Waals surface area contributed by atoms with E-state index in [-0.39, 0.29) is 29.0 Å². The molecule has 6 atom stereocenters. The summed E-state index contributed by atoms with van der Waals surface area (Å²) in [6.45, 7) is 11.2. The number of fused-ring (bicyclic) bond motifs is 5. The number of hydrogen-bond acceptors (Lipinski definition) is 4. The van der Waals surface area contributed by atoms with Gasteiger partial charge in [-0.3, -0.25) is 0 Å². The zero-order valence-electron chi connectivity index (χ0n) is 18.2. The summed E-state index contributed by atoms with van der Waals surface area (Å²) in [6, 6.07) is 12.6. The van der Waals surface area contributed by atoms with Crippen molar-refractivity contribution >= 4 is 13.9 Å². The molecule has 0 radical (unpaired) electrons. The summed E-state index contributed by atoms with van der Waals surface area (Å²) in [4.78, 5) is 14.3. The lowest BCUT2D eigenvalue weighted by Crippen LogP contribution is -2.47. The number of benzene rings is 1. The number of nitriles is 1. The summed E-state index contributed by atoms with van der Waals surface area (Å²) in [5.74, 6) is 0.468. The van der Waals surface area contributed by atoms with Crippen LogP contribution in [0.4, 0.5) is 0 Å². The van der Waals surface area contributed by atoms with Crippen molar-refractivity contribution in [1.29, 1.82) is 5.26 Å². The van der Waals surface area contributed by atoms with Crippen LogP contribution < -0.4 is 4.89 Å². The first-order valence-corrected chi connectivity index (χ1v) is 12.5. The molecule has 1 heterocycles. The molecule has 156 valence electrons. The predicted octanol–water partition coefficient (Wildman–Crippen LogP) is 5.04. The molecule has 1 aromatic rings. The number of nitrogens with zero attached hydrogens (tertiary/aromatic N) is 2. The Kier molecular flexibility index (Phi) is 5.20. The van der Waals surface area contributed by atoms with Gasteiger partial charge in [0, 0.05) is 17.9 Å². The standard InChI is InChI=1S/C24H33N2O2P/c1-17(2)26-21-20-14-15-24(5,23(20,3)4)22(21)28-29(26,27)19(16-25)13-9-12-18-10-7-6-8-11-18/h6-12,17,19-22H,13-15H2,1-5H3/b12-9+/t19-,20?,21?,22?,24?,29?/m0/s1. The fraction of sp³-hybridized carbons (Fsp3) is 0.625. The van der Waals surface area contributed by atoms with E-state index in [0.717, 1.165) is 18.4 Å². The summed E-state index contributed by atoms with van der Waals surface area (Å²) >= 11 is 0. The van der Waals surface area contributed by atoms with Crippen LogP contribution in [0, 0.1) is 28.1 Å². The van der Waals surface area contributed by atoms with Gasteiger partial charge in [-0.1, -0.05) is 63.3 Å². The third kappa shape index (κ3) is 2.94. The topological polar surface area (TPSA) is 59.3 Å². The Morgan fingerprint density at radius 3 is 2.62 bits per heavy atom. The molecule has 1 aliphatic heterocycles. The molecule has 4 rings (SSSR count). The quantitative estimate of drug-likeness (QED) is 0.636. The second-order valence-corrected chi connectivity index (χ2v) is 12.5. The molecule has 0 spiro atoms. The van der Waals surface area contributed by atoms with E-state index in [1.807, 2.05) is 42.5 Å². The monoisotopic (exact) mass is 412 g/mol.